The number of thiophene rings is 2. The van der Waals surface area contributed by atoms with Gasteiger partial charge in [-0.25, -0.2) is 0 Å². The van der Waals surface area contributed by atoms with Crippen LogP contribution in [-0.2, 0) is 0 Å². The van der Waals surface area contributed by atoms with E-state index in [2.05, 4.69) is 41.2 Å². The van der Waals surface area contributed by atoms with Crippen LogP contribution in [0.1, 0.15) is 34.4 Å². The summed E-state index contributed by atoms with van der Waals surface area (Å²) in [4.78, 5) is 14.1. The van der Waals surface area contributed by atoms with Crippen LogP contribution in [0.2, 0.25) is 0 Å². The van der Waals surface area contributed by atoms with Gasteiger partial charge in [-0.15, -0.1) is 22.7 Å². The van der Waals surface area contributed by atoms with E-state index >= 15 is 0 Å². The van der Waals surface area contributed by atoms with Crippen LogP contribution in [0.5, 0.6) is 0 Å². The Labute approximate surface area is 123 Å². The van der Waals surface area contributed by atoms with Crippen molar-refractivity contribution in [2.45, 2.75) is 19.9 Å². The first-order chi connectivity index (χ1) is 8.58. The molecule has 0 fully saturated rings. The predicted molar refractivity (Wildman–Crippen MR) is 81.4 cm³/mol. The van der Waals surface area contributed by atoms with Gasteiger partial charge in [-0.1, -0.05) is 19.9 Å². The molecule has 2 aromatic rings. The van der Waals surface area contributed by atoms with Crippen LogP contribution in [0.3, 0.4) is 0 Å². The molecule has 0 aliphatic carbocycles. The maximum Gasteiger partial charge on any atom is 0.261 e. The minimum Gasteiger partial charge on any atom is -0.343 e. The number of carbonyl (C=O) groups excluding carboxylic acids is 1. The molecule has 18 heavy (non-hydrogen) atoms. The summed E-state index contributed by atoms with van der Waals surface area (Å²) in [5.41, 5.74) is 0. The smallest absolute Gasteiger partial charge is 0.261 e. The number of hydrogen-bond donors (Lipinski definition) is 1. The van der Waals surface area contributed by atoms with Crippen LogP contribution in [-0.4, -0.2) is 5.91 Å². The van der Waals surface area contributed by atoms with Gasteiger partial charge in [0.15, 0.2) is 0 Å². The van der Waals surface area contributed by atoms with Crippen LogP contribution >= 0.6 is 38.6 Å². The molecule has 2 aromatic heterocycles. The number of hydrogen-bond acceptors (Lipinski definition) is 3. The van der Waals surface area contributed by atoms with Crippen molar-refractivity contribution < 1.29 is 4.79 Å². The van der Waals surface area contributed by atoms with Gasteiger partial charge >= 0.3 is 0 Å². The molecule has 0 saturated carbocycles. The molecule has 2 rings (SSSR count). The number of amides is 1. The lowest BCUT2D eigenvalue weighted by Crippen LogP contribution is -2.30. The molecule has 96 valence electrons. The van der Waals surface area contributed by atoms with Crippen molar-refractivity contribution in [2.75, 3.05) is 0 Å². The quantitative estimate of drug-likeness (QED) is 0.856. The summed E-state index contributed by atoms with van der Waals surface area (Å²) in [6, 6.07) is 7.91. The zero-order chi connectivity index (χ0) is 13.1. The van der Waals surface area contributed by atoms with Crippen molar-refractivity contribution in [2.24, 2.45) is 5.92 Å². The Hall–Kier alpha value is -0.650. The second kappa shape index (κ2) is 5.99. The first-order valence-electron chi connectivity index (χ1n) is 5.67. The van der Waals surface area contributed by atoms with E-state index < -0.39 is 0 Å². The number of halogens is 1. The summed E-state index contributed by atoms with van der Waals surface area (Å²) in [6.07, 6.45) is 0. The van der Waals surface area contributed by atoms with Crippen LogP contribution in [0.15, 0.2) is 33.4 Å². The molecule has 0 radical (unpaired) electrons. The third kappa shape index (κ3) is 3.22. The van der Waals surface area contributed by atoms with E-state index in [0.29, 0.717) is 5.92 Å². The van der Waals surface area contributed by atoms with Gasteiger partial charge < -0.3 is 5.32 Å². The highest BCUT2D eigenvalue weighted by molar-refractivity contribution is 9.11. The Balaban J connectivity index is 2.13. The highest BCUT2D eigenvalue weighted by Gasteiger charge is 2.20. The second-order valence-electron chi connectivity index (χ2n) is 4.31. The summed E-state index contributed by atoms with van der Waals surface area (Å²) in [5, 5.41) is 5.15. The molecule has 2 heterocycles. The zero-order valence-corrected chi connectivity index (χ0v) is 13.4. The normalized spacial score (nSPS) is 12.7. The molecule has 5 heteroatoms. The van der Waals surface area contributed by atoms with Gasteiger partial charge in [0.1, 0.15) is 0 Å². The van der Waals surface area contributed by atoms with Gasteiger partial charge in [0.25, 0.3) is 5.91 Å². The average Bonchev–Trinajstić information content (AvgIpc) is 2.95. The molecule has 0 aliphatic rings. The first kappa shape index (κ1) is 13.8. The lowest BCUT2D eigenvalue weighted by molar-refractivity contribution is 0.0930. The molecular weight excluding hydrogens is 330 g/mol. The summed E-state index contributed by atoms with van der Waals surface area (Å²) in [5.74, 6) is 0.369. The van der Waals surface area contributed by atoms with Crippen molar-refractivity contribution in [3.8, 4) is 0 Å². The van der Waals surface area contributed by atoms with Crippen LogP contribution in [0, 0.1) is 5.92 Å². The maximum absolute atomic E-state index is 12.2. The number of nitrogens with one attached hydrogen (secondary N) is 1. The minimum absolute atomic E-state index is 0.00204. The largest absolute Gasteiger partial charge is 0.343 e. The third-order valence-corrected chi connectivity index (χ3v) is 5.18. The third-order valence-electron chi connectivity index (χ3n) is 2.60. The van der Waals surface area contributed by atoms with Crippen LogP contribution in [0.4, 0.5) is 0 Å². The summed E-state index contributed by atoms with van der Waals surface area (Å²) < 4.78 is 0.977. The Morgan fingerprint density at radius 1 is 1.33 bits per heavy atom. The molecule has 0 saturated heterocycles. The molecule has 0 aromatic carbocycles. The van der Waals surface area contributed by atoms with E-state index in [9.17, 15) is 4.79 Å². The molecule has 0 aliphatic heterocycles. The average molecular weight is 344 g/mol. The Kier molecular flexibility index (Phi) is 4.59. The maximum atomic E-state index is 12.2. The first-order valence-corrected chi connectivity index (χ1v) is 8.16. The second-order valence-corrected chi connectivity index (χ2v) is 7.76. The monoisotopic (exact) mass is 343 g/mol. The summed E-state index contributed by atoms with van der Waals surface area (Å²) in [6.45, 7) is 4.24. The fraction of sp³-hybridized carbons (Fsp3) is 0.308. The molecule has 1 atom stereocenters. The Bertz CT molecular complexity index is 519. The van der Waals surface area contributed by atoms with Crippen molar-refractivity contribution in [3.63, 3.8) is 0 Å². The van der Waals surface area contributed by atoms with E-state index in [1.807, 2.05) is 23.6 Å². The SMILES string of the molecule is CC(C)C(NC(=O)c1ccc(Br)s1)c1cccs1. The van der Waals surface area contributed by atoms with Gasteiger partial charge in [0.2, 0.25) is 0 Å². The lowest BCUT2D eigenvalue weighted by Gasteiger charge is -2.20. The number of carbonyl (C=O) groups is 1. The lowest BCUT2D eigenvalue weighted by atomic mass is 10.0. The van der Waals surface area contributed by atoms with E-state index in [4.69, 9.17) is 0 Å². The van der Waals surface area contributed by atoms with E-state index in [-0.39, 0.29) is 11.9 Å². The topological polar surface area (TPSA) is 29.1 Å². The van der Waals surface area contributed by atoms with Crippen LogP contribution in [0.25, 0.3) is 0 Å². The van der Waals surface area contributed by atoms with Crippen molar-refractivity contribution in [1.29, 1.82) is 0 Å². The minimum atomic E-state index is -0.00204. The summed E-state index contributed by atoms with van der Waals surface area (Å²) >= 11 is 6.51. The fourth-order valence-corrected chi connectivity index (χ4v) is 3.92. The molecule has 1 N–H and O–H groups in total. The molecule has 0 bridgehead atoms. The van der Waals surface area contributed by atoms with Crippen LogP contribution < -0.4 is 5.32 Å². The fourth-order valence-electron chi connectivity index (χ4n) is 1.68. The van der Waals surface area contributed by atoms with Gasteiger partial charge in [-0.3, -0.25) is 4.79 Å². The molecule has 1 amide bonds. The van der Waals surface area contributed by atoms with Gasteiger partial charge in [-0.2, -0.15) is 0 Å². The molecular formula is C13H14BrNOS2. The number of rotatable bonds is 4. The van der Waals surface area contributed by atoms with E-state index in [1.54, 1.807) is 11.3 Å². The highest BCUT2D eigenvalue weighted by Crippen LogP contribution is 2.27. The van der Waals surface area contributed by atoms with E-state index in [1.165, 1.54) is 16.2 Å². The van der Waals surface area contributed by atoms with E-state index in [0.717, 1.165) is 8.66 Å². The van der Waals surface area contributed by atoms with Gasteiger partial charge in [0.05, 0.1) is 14.7 Å². The van der Waals surface area contributed by atoms with Crippen molar-refractivity contribution in [3.05, 3.63) is 43.2 Å². The van der Waals surface area contributed by atoms with Crippen molar-refractivity contribution >= 4 is 44.5 Å². The summed E-state index contributed by atoms with van der Waals surface area (Å²) in [7, 11) is 0. The van der Waals surface area contributed by atoms with Gasteiger partial charge in [-0.05, 0) is 45.4 Å². The molecule has 1 unspecified atom stereocenters. The van der Waals surface area contributed by atoms with Gasteiger partial charge in [0, 0.05) is 4.88 Å². The molecule has 2 nitrogen and oxygen atoms in total. The zero-order valence-electron chi connectivity index (χ0n) is 10.1. The van der Waals surface area contributed by atoms with Crippen molar-refractivity contribution in [1.82, 2.24) is 5.32 Å². The Morgan fingerprint density at radius 2 is 2.11 bits per heavy atom. The predicted octanol–water partition coefficient (Wildman–Crippen LogP) is 4.70. The highest BCUT2D eigenvalue weighted by atomic mass is 79.9. The Morgan fingerprint density at radius 3 is 2.61 bits per heavy atom. The molecule has 0 spiro atoms. The standard InChI is InChI=1S/C13H14BrNOS2/c1-8(2)12(9-4-3-7-17-9)15-13(16)10-5-6-11(14)18-10/h3-8,12H,1-2H3,(H,15,16).